The summed E-state index contributed by atoms with van der Waals surface area (Å²) in [5, 5.41) is 3.43. The molecule has 1 heterocycles. The Balaban J connectivity index is 0.00000338. The molecule has 0 aliphatic carbocycles. The SMILES string of the molecule is CCNC(=NCCCOC(C)C)N1CCC(c2ccc(OC)cc2)C1.I. The van der Waals surface area contributed by atoms with Crippen molar-refractivity contribution in [1.29, 1.82) is 0 Å². The van der Waals surface area contributed by atoms with E-state index in [9.17, 15) is 0 Å². The minimum absolute atomic E-state index is 0. The number of likely N-dealkylation sites (tertiary alicyclic amines) is 1. The van der Waals surface area contributed by atoms with E-state index in [1.807, 2.05) is 12.1 Å². The Hall–Kier alpha value is -1.02. The molecule has 1 aromatic rings. The number of hydrogen-bond acceptors (Lipinski definition) is 3. The van der Waals surface area contributed by atoms with Crippen molar-refractivity contribution < 1.29 is 9.47 Å². The summed E-state index contributed by atoms with van der Waals surface area (Å²) in [6.07, 6.45) is 2.41. The standard InChI is InChI=1S/C20H33N3O2.HI/c1-5-21-20(22-12-6-14-25-16(2)3)23-13-11-18(15-23)17-7-9-19(24-4)10-8-17;/h7-10,16,18H,5-6,11-15H2,1-4H3,(H,21,22);1H. The summed E-state index contributed by atoms with van der Waals surface area (Å²) in [6.45, 7) is 10.8. The normalized spacial score (nSPS) is 17.3. The van der Waals surface area contributed by atoms with Gasteiger partial charge in [-0.3, -0.25) is 4.99 Å². The number of ether oxygens (including phenoxy) is 2. The smallest absolute Gasteiger partial charge is 0.193 e. The van der Waals surface area contributed by atoms with Gasteiger partial charge in [-0.2, -0.15) is 0 Å². The van der Waals surface area contributed by atoms with Crippen molar-refractivity contribution in [3.63, 3.8) is 0 Å². The fourth-order valence-corrected chi connectivity index (χ4v) is 3.10. The van der Waals surface area contributed by atoms with E-state index in [0.29, 0.717) is 12.0 Å². The van der Waals surface area contributed by atoms with Crippen LogP contribution in [0, 0.1) is 0 Å². The molecule has 26 heavy (non-hydrogen) atoms. The van der Waals surface area contributed by atoms with Crippen LogP contribution >= 0.6 is 24.0 Å². The average Bonchev–Trinajstić information content (AvgIpc) is 3.10. The minimum Gasteiger partial charge on any atom is -0.497 e. The molecule has 5 nitrogen and oxygen atoms in total. The number of benzene rings is 1. The van der Waals surface area contributed by atoms with E-state index in [0.717, 1.165) is 57.3 Å². The van der Waals surface area contributed by atoms with E-state index in [1.54, 1.807) is 7.11 Å². The van der Waals surface area contributed by atoms with Crippen LogP contribution in [0.5, 0.6) is 5.75 Å². The molecular weight excluding hydrogens is 441 g/mol. The number of aliphatic imine (C=N–C) groups is 1. The Morgan fingerprint density at radius 2 is 2.04 bits per heavy atom. The topological polar surface area (TPSA) is 46.1 Å². The maximum Gasteiger partial charge on any atom is 0.193 e. The third kappa shape index (κ3) is 7.31. The van der Waals surface area contributed by atoms with E-state index in [2.05, 4.69) is 43.1 Å². The molecule has 0 aromatic heterocycles. The largest absolute Gasteiger partial charge is 0.497 e. The number of halogens is 1. The van der Waals surface area contributed by atoms with Crippen molar-refractivity contribution in [3.8, 4) is 5.75 Å². The van der Waals surface area contributed by atoms with Crippen molar-refractivity contribution in [2.24, 2.45) is 4.99 Å². The first-order chi connectivity index (χ1) is 12.1. The summed E-state index contributed by atoms with van der Waals surface area (Å²) in [5.74, 6) is 2.50. The van der Waals surface area contributed by atoms with Crippen molar-refractivity contribution in [1.82, 2.24) is 10.2 Å². The molecule has 0 saturated carbocycles. The highest BCUT2D eigenvalue weighted by Gasteiger charge is 2.26. The monoisotopic (exact) mass is 475 g/mol. The second-order valence-corrected chi connectivity index (χ2v) is 6.71. The summed E-state index contributed by atoms with van der Waals surface area (Å²) in [4.78, 5) is 7.16. The zero-order chi connectivity index (χ0) is 18.1. The molecule has 0 spiro atoms. The van der Waals surface area contributed by atoms with Crippen LogP contribution in [-0.2, 0) is 4.74 Å². The molecule has 1 aliphatic heterocycles. The van der Waals surface area contributed by atoms with Crippen molar-refractivity contribution in [2.45, 2.75) is 45.6 Å². The maximum absolute atomic E-state index is 5.59. The highest BCUT2D eigenvalue weighted by Crippen LogP contribution is 2.28. The molecule has 1 saturated heterocycles. The van der Waals surface area contributed by atoms with Crippen molar-refractivity contribution >= 4 is 29.9 Å². The summed E-state index contributed by atoms with van der Waals surface area (Å²) in [7, 11) is 1.71. The van der Waals surface area contributed by atoms with Crippen LogP contribution in [0.4, 0.5) is 0 Å². The van der Waals surface area contributed by atoms with Gasteiger partial charge < -0.3 is 19.7 Å². The molecule has 1 aliphatic rings. The molecule has 1 atom stereocenters. The van der Waals surface area contributed by atoms with Crippen LogP contribution < -0.4 is 10.1 Å². The van der Waals surface area contributed by atoms with Crippen LogP contribution in [0.2, 0.25) is 0 Å². The van der Waals surface area contributed by atoms with Gasteiger partial charge in [0, 0.05) is 38.7 Å². The molecule has 1 unspecified atom stereocenters. The number of methoxy groups -OCH3 is 1. The highest BCUT2D eigenvalue weighted by molar-refractivity contribution is 14.0. The lowest BCUT2D eigenvalue weighted by atomic mass is 9.98. The van der Waals surface area contributed by atoms with E-state index in [1.165, 1.54) is 5.56 Å². The number of guanidine groups is 1. The Morgan fingerprint density at radius 1 is 1.31 bits per heavy atom. The van der Waals surface area contributed by atoms with E-state index < -0.39 is 0 Å². The summed E-state index contributed by atoms with van der Waals surface area (Å²) in [5.41, 5.74) is 1.38. The fraction of sp³-hybridized carbons (Fsp3) is 0.650. The highest BCUT2D eigenvalue weighted by atomic mass is 127. The van der Waals surface area contributed by atoms with Gasteiger partial charge in [-0.15, -0.1) is 24.0 Å². The quantitative estimate of drug-likeness (QED) is 0.268. The van der Waals surface area contributed by atoms with Gasteiger partial charge in [0.2, 0.25) is 0 Å². The third-order valence-electron chi connectivity index (χ3n) is 4.43. The summed E-state index contributed by atoms with van der Waals surface area (Å²) >= 11 is 0. The summed E-state index contributed by atoms with van der Waals surface area (Å²) < 4.78 is 10.8. The van der Waals surface area contributed by atoms with Gasteiger partial charge in [0.05, 0.1) is 13.2 Å². The number of nitrogens with one attached hydrogen (secondary N) is 1. The first-order valence-corrected chi connectivity index (χ1v) is 9.42. The van der Waals surface area contributed by atoms with Gasteiger partial charge in [0.15, 0.2) is 5.96 Å². The maximum atomic E-state index is 5.59. The first-order valence-electron chi connectivity index (χ1n) is 9.42. The van der Waals surface area contributed by atoms with Gasteiger partial charge in [-0.05, 0) is 51.3 Å². The lowest BCUT2D eigenvalue weighted by Gasteiger charge is -2.22. The van der Waals surface area contributed by atoms with E-state index in [-0.39, 0.29) is 24.0 Å². The zero-order valence-corrected chi connectivity index (χ0v) is 18.9. The predicted molar refractivity (Wildman–Crippen MR) is 119 cm³/mol. The van der Waals surface area contributed by atoms with Crippen molar-refractivity contribution in [3.05, 3.63) is 29.8 Å². The van der Waals surface area contributed by atoms with E-state index >= 15 is 0 Å². The van der Waals surface area contributed by atoms with Crippen molar-refractivity contribution in [2.75, 3.05) is 39.9 Å². The lowest BCUT2D eigenvalue weighted by molar-refractivity contribution is 0.0782. The van der Waals surface area contributed by atoms with Gasteiger partial charge in [0.1, 0.15) is 5.75 Å². The molecule has 1 aromatic carbocycles. The lowest BCUT2D eigenvalue weighted by Crippen LogP contribution is -2.40. The number of nitrogens with zero attached hydrogens (tertiary/aromatic N) is 2. The Morgan fingerprint density at radius 3 is 2.65 bits per heavy atom. The zero-order valence-electron chi connectivity index (χ0n) is 16.5. The van der Waals surface area contributed by atoms with E-state index in [4.69, 9.17) is 14.5 Å². The van der Waals surface area contributed by atoms with Gasteiger partial charge >= 0.3 is 0 Å². The molecule has 0 amide bonds. The molecule has 0 bridgehead atoms. The average molecular weight is 475 g/mol. The fourth-order valence-electron chi connectivity index (χ4n) is 3.10. The predicted octanol–water partition coefficient (Wildman–Crippen LogP) is 3.88. The Kier molecular flexibility index (Phi) is 11.0. The second-order valence-electron chi connectivity index (χ2n) is 6.71. The second kappa shape index (κ2) is 12.4. The molecule has 148 valence electrons. The number of rotatable bonds is 8. The van der Waals surface area contributed by atoms with Gasteiger partial charge in [-0.1, -0.05) is 12.1 Å². The van der Waals surface area contributed by atoms with Crippen LogP contribution in [-0.4, -0.2) is 56.9 Å². The molecule has 6 heteroatoms. The molecule has 1 N–H and O–H groups in total. The number of hydrogen-bond donors (Lipinski definition) is 1. The van der Waals surface area contributed by atoms with Gasteiger partial charge in [0.25, 0.3) is 0 Å². The third-order valence-corrected chi connectivity index (χ3v) is 4.43. The van der Waals surface area contributed by atoms with Crippen LogP contribution in [0.15, 0.2) is 29.3 Å². The molecule has 0 radical (unpaired) electrons. The van der Waals surface area contributed by atoms with Gasteiger partial charge in [-0.25, -0.2) is 0 Å². The molecular formula is C20H34IN3O2. The molecule has 2 rings (SSSR count). The van der Waals surface area contributed by atoms with Crippen LogP contribution in [0.25, 0.3) is 0 Å². The Labute approximate surface area is 175 Å². The minimum atomic E-state index is 0. The Bertz CT molecular complexity index is 534. The van der Waals surface area contributed by atoms with Crippen LogP contribution in [0.1, 0.15) is 45.1 Å². The first kappa shape index (κ1) is 23.0. The molecule has 1 fully saturated rings. The summed E-state index contributed by atoms with van der Waals surface area (Å²) in [6, 6.07) is 8.46. The van der Waals surface area contributed by atoms with Crippen LogP contribution in [0.3, 0.4) is 0 Å².